The molecule has 7 heteroatoms. The summed E-state index contributed by atoms with van der Waals surface area (Å²) in [7, 11) is 0. The SMILES string of the molecule is Cc1ccc(-c2nnc(Nc3ccc(Sc4ccnc5ccoc45)cc3)c3ccccc23)cn1. The predicted octanol–water partition coefficient (Wildman–Crippen LogP) is 7.04. The highest BCUT2D eigenvalue weighted by Crippen LogP contribution is 2.35. The molecule has 0 atom stereocenters. The maximum atomic E-state index is 5.60. The van der Waals surface area contributed by atoms with Gasteiger partial charge in [0.25, 0.3) is 0 Å². The normalized spacial score (nSPS) is 11.2. The summed E-state index contributed by atoms with van der Waals surface area (Å²) in [6.45, 7) is 1.97. The average Bonchev–Trinajstić information content (AvgIpc) is 3.36. The van der Waals surface area contributed by atoms with Crippen molar-refractivity contribution in [3.05, 3.63) is 97.1 Å². The molecule has 0 aliphatic carbocycles. The van der Waals surface area contributed by atoms with Crippen molar-refractivity contribution in [1.82, 2.24) is 20.2 Å². The van der Waals surface area contributed by atoms with Gasteiger partial charge in [0.15, 0.2) is 11.4 Å². The van der Waals surface area contributed by atoms with Crippen molar-refractivity contribution >= 4 is 45.1 Å². The van der Waals surface area contributed by atoms with Gasteiger partial charge in [0.05, 0.1) is 11.2 Å². The minimum Gasteiger partial charge on any atom is -0.461 e. The van der Waals surface area contributed by atoms with Gasteiger partial charge < -0.3 is 9.73 Å². The summed E-state index contributed by atoms with van der Waals surface area (Å²) in [6, 6.07) is 24.2. The molecule has 6 aromatic rings. The molecule has 34 heavy (non-hydrogen) atoms. The molecule has 4 heterocycles. The molecular formula is C27H19N5OS. The number of pyridine rings is 2. The van der Waals surface area contributed by atoms with E-state index in [9.17, 15) is 0 Å². The van der Waals surface area contributed by atoms with Gasteiger partial charge in [-0.2, -0.15) is 0 Å². The molecule has 6 rings (SSSR count). The van der Waals surface area contributed by atoms with Gasteiger partial charge in [0.2, 0.25) is 0 Å². The molecule has 164 valence electrons. The zero-order valence-electron chi connectivity index (χ0n) is 18.3. The molecular weight excluding hydrogens is 442 g/mol. The lowest BCUT2D eigenvalue weighted by atomic mass is 10.1. The Labute approximate surface area is 200 Å². The van der Waals surface area contributed by atoms with E-state index in [4.69, 9.17) is 4.42 Å². The van der Waals surface area contributed by atoms with Crippen LogP contribution in [0, 0.1) is 6.92 Å². The first kappa shape index (κ1) is 20.4. The van der Waals surface area contributed by atoms with Crippen LogP contribution in [0.1, 0.15) is 5.69 Å². The number of nitrogens with one attached hydrogen (secondary N) is 1. The lowest BCUT2D eigenvalue weighted by molar-refractivity contribution is 0.608. The maximum absolute atomic E-state index is 5.60. The molecule has 0 saturated heterocycles. The van der Waals surface area contributed by atoms with Crippen LogP contribution in [0.2, 0.25) is 0 Å². The van der Waals surface area contributed by atoms with Gasteiger partial charge in [-0.25, -0.2) is 0 Å². The molecule has 6 nitrogen and oxygen atoms in total. The Kier molecular flexibility index (Phi) is 5.16. The number of aryl methyl sites for hydroxylation is 1. The summed E-state index contributed by atoms with van der Waals surface area (Å²) in [6.07, 6.45) is 5.31. The number of nitrogens with zero attached hydrogens (tertiary/aromatic N) is 4. The second-order valence-electron chi connectivity index (χ2n) is 7.83. The fourth-order valence-electron chi connectivity index (χ4n) is 3.82. The van der Waals surface area contributed by atoms with Gasteiger partial charge in [0, 0.05) is 51.1 Å². The third-order valence-electron chi connectivity index (χ3n) is 5.52. The molecule has 0 amide bonds. The second-order valence-corrected chi connectivity index (χ2v) is 8.94. The Balaban J connectivity index is 1.28. The minimum atomic E-state index is 0.714. The van der Waals surface area contributed by atoms with Crippen molar-refractivity contribution in [3.8, 4) is 11.3 Å². The number of aromatic nitrogens is 4. The largest absolute Gasteiger partial charge is 0.461 e. The van der Waals surface area contributed by atoms with E-state index in [-0.39, 0.29) is 0 Å². The lowest BCUT2D eigenvalue weighted by Crippen LogP contribution is -1.99. The second kappa shape index (κ2) is 8.61. The number of benzene rings is 2. The number of hydrogen-bond donors (Lipinski definition) is 1. The zero-order valence-corrected chi connectivity index (χ0v) is 19.1. The van der Waals surface area contributed by atoms with Crippen LogP contribution in [0.25, 0.3) is 33.1 Å². The van der Waals surface area contributed by atoms with E-state index < -0.39 is 0 Å². The van der Waals surface area contributed by atoms with Crippen LogP contribution in [-0.2, 0) is 0 Å². The first-order chi connectivity index (χ1) is 16.7. The highest BCUT2D eigenvalue weighted by molar-refractivity contribution is 7.99. The van der Waals surface area contributed by atoms with E-state index in [0.717, 1.165) is 54.3 Å². The number of rotatable bonds is 5. The van der Waals surface area contributed by atoms with E-state index in [2.05, 4.69) is 49.7 Å². The number of anilines is 2. The first-order valence-corrected chi connectivity index (χ1v) is 11.6. The Morgan fingerprint density at radius 3 is 2.50 bits per heavy atom. The predicted molar refractivity (Wildman–Crippen MR) is 135 cm³/mol. The molecule has 0 fully saturated rings. The molecule has 0 spiro atoms. The fraction of sp³-hybridized carbons (Fsp3) is 0.0370. The van der Waals surface area contributed by atoms with Crippen molar-refractivity contribution in [2.24, 2.45) is 0 Å². The van der Waals surface area contributed by atoms with Crippen molar-refractivity contribution in [1.29, 1.82) is 0 Å². The Hall–Kier alpha value is -4.23. The van der Waals surface area contributed by atoms with Crippen LogP contribution in [0.15, 0.2) is 106 Å². The van der Waals surface area contributed by atoms with Gasteiger partial charge in [-0.05, 0) is 49.4 Å². The van der Waals surface area contributed by atoms with E-state index in [1.807, 2.05) is 61.7 Å². The zero-order chi connectivity index (χ0) is 22.9. The van der Waals surface area contributed by atoms with Crippen molar-refractivity contribution < 1.29 is 4.42 Å². The Bertz CT molecular complexity index is 1610. The van der Waals surface area contributed by atoms with Crippen LogP contribution < -0.4 is 5.32 Å². The molecule has 4 aromatic heterocycles. The Morgan fingerprint density at radius 1 is 0.824 bits per heavy atom. The highest BCUT2D eigenvalue weighted by Gasteiger charge is 2.12. The van der Waals surface area contributed by atoms with Crippen molar-refractivity contribution in [2.45, 2.75) is 16.7 Å². The topological polar surface area (TPSA) is 76.7 Å². The summed E-state index contributed by atoms with van der Waals surface area (Å²) >= 11 is 1.64. The molecule has 0 radical (unpaired) electrons. The monoisotopic (exact) mass is 461 g/mol. The van der Waals surface area contributed by atoms with E-state index in [1.165, 1.54) is 0 Å². The summed E-state index contributed by atoms with van der Waals surface area (Å²) in [5.41, 5.74) is 5.34. The fourth-order valence-corrected chi connectivity index (χ4v) is 4.72. The van der Waals surface area contributed by atoms with Gasteiger partial charge in [0.1, 0.15) is 11.2 Å². The quantitative estimate of drug-likeness (QED) is 0.295. The summed E-state index contributed by atoms with van der Waals surface area (Å²) in [4.78, 5) is 10.9. The van der Waals surface area contributed by atoms with Crippen LogP contribution in [0.4, 0.5) is 11.5 Å². The third-order valence-corrected chi connectivity index (χ3v) is 6.57. The van der Waals surface area contributed by atoms with Gasteiger partial charge in [-0.1, -0.05) is 36.0 Å². The van der Waals surface area contributed by atoms with E-state index >= 15 is 0 Å². The van der Waals surface area contributed by atoms with Gasteiger partial charge in [-0.3, -0.25) is 9.97 Å². The average molecular weight is 462 g/mol. The molecule has 1 N–H and O–H groups in total. The lowest BCUT2D eigenvalue weighted by Gasteiger charge is -2.11. The standard InChI is InChI=1S/C27H19N5OS/c1-17-6-7-18(16-29-17)25-21-4-2-3-5-22(21)27(32-31-25)30-19-8-10-20(11-9-19)34-24-12-14-28-23-13-15-33-26(23)24/h2-16H,1H3,(H,30,32). The van der Waals surface area contributed by atoms with Gasteiger partial charge >= 0.3 is 0 Å². The van der Waals surface area contributed by atoms with Crippen LogP contribution in [-0.4, -0.2) is 20.2 Å². The van der Waals surface area contributed by atoms with Gasteiger partial charge in [-0.15, -0.1) is 10.2 Å². The Morgan fingerprint density at radius 2 is 1.68 bits per heavy atom. The first-order valence-electron chi connectivity index (χ1n) is 10.8. The molecule has 0 bridgehead atoms. The molecule has 0 saturated carbocycles. The number of furan rings is 1. The van der Waals surface area contributed by atoms with Crippen molar-refractivity contribution in [3.63, 3.8) is 0 Å². The summed E-state index contributed by atoms with van der Waals surface area (Å²) < 4.78 is 5.60. The smallest absolute Gasteiger partial charge is 0.166 e. The molecule has 0 aliphatic rings. The minimum absolute atomic E-state index is 0.714. The molecule has 0 unspecified atom stereocenters. The van der Waals surface area contributed by atoms with Crippen LogP contribution in [0.5, 0.6) is 0 Å². The molecule has 2 aromatic carbocycles. The highest BCUT2D eigenvalue weighted by atomic mass is 32.2. The van der Waals surface area contributed by atoms with E-state index in [0.29, 0.717) is 5.82 Å². The summed E-state index contributed by atoms with van der Waals surface area (Å²) in [5, 5.41) is 14.5. The van der Waals surface area contributed by atoms with Crippen LogP contribution >= 0.6 is 11.8 Å². The van der Waals surface area contributed by atoms with E-state index in [1.54, 1.807) is 24.2 Å². The van der Waals surface area contributed by atoms with Crippen molar-refractivity contribution in [2.75, 3.05) is 5.32 Å². The van der Waals surface area contributed by atoms with Crippen LogP contribution in [0.3, 0.4) is 0 Å². The number of fused-ring (bicyclic) bond motifs is 2. The third kappa shape index (κ3) is 3.86. The molecule has 0 aliphatic heterocycles. The summed E-state index contributed by atoms with van der Waals surface area (Å²) in [5.74, 6) is 0.714. The maximum Gasteiger partial charge on any atom is 0.166 e. The number of hydrogen-bond acceptors (Lipinski definition) is 7.